The second-order valence-corrected chi connectivity index (χ2v) is 9.60. The molecule has 0 radical (unpaired) electrons. The summed E-state index contributed by atoms with van der Waals surface area (Å²) in [7, 11) is -2.39. The van der Waals surface area contributed by atoms with Crippen molar-refractivity contribution >= 4 is 15.7 Å². The second kappa shape index (κ2) is 6.28. The lowest BCUT2D eigenvalue weighted by Gasteiger charge is -2.52. The number of carbonyl (C=O) groups is 1. The standard InChI is InChI=1S/C20H22N2O5S/c1-12-17-16(13(11-23)10-21-12)15-9-20(2,27-17)22(3)19(24)18(15)28(25,26)14-7-5-4-6-8-14/h4-8,10,15,18,23H,9,11H2,1-3H3/t15-,18-,20-/m0/s1. The molecule has 3 atom stereocenters. The van der Waals surface area contributed by atoms with Crippen LogP contribution in [-0.4, -0.2) is 47.3 Å². The molecule has 1 fully saturated rings. The fraction of sp³-hybridized carbons (Fsp3) is 0.400. The number of carbonyl (C=O) groups excluding carboxylic acids is 1. The summed E-state index contributed by atoms with van der Waals surface area (Å²) in [5.41, 5.74) is 0.677. The van der Waals surface area contributed by atoms with Crippen LogP contribution in [0.25, 0.3) is 0 Å². The van der Waals surface area contributed by atoms with Crippen LogP contribution in [0.2, 0.25) is 0 Å². The molecule has 2 aliphatic rings. The highest BCUT2D eigenvalue weighted by Gasteiger charge is 2.57. The molecule has 8 heteroatoms. The normalized spacial score (nSPS) is 26.6. The molecule has 148 valence electrons. The lowest BCUT2D eigenvalue weighted by molar-refractivity contribution is -0.160. The number of aromatic nitrogens is 1. The van der Waals surface area contributed by atoms with E-state index in [0.717, 1.165) is 0 Å². The number of hydrogen-bond donors (Lipinski definition) is 1. The van der Waals surface area contributed by atoms with Crippen molar-refractivity contribution in [2.45, 2.75) is 48.7 Å². The Balaban J connectivity index is 1.97. The van der Waals surface area contributed by atoms with E-state index in [4.69, 9.17) is 4.74 Å². The number of hydrogen-bond acceptors (Lipinski definition) is 6. The van der Waals surface area contributed by atoms with E-state index in [1.807, 2.05) is 0 Å². The van der Waals surface area contributed by atoms with Gasteiger partial charge in [-0.2, -0.15) is 0 Å². The summed E-state index contributed by atoms with van der Waals surface area (Å²) in [5, 5.41) is 8.54. The third-order valence-corrected chi connectivity index (χ3v) is 7.98. The Bertz CT molecular complexity index is 1050. The Labute approximate surface area is 163 Å². The lowest BCUT2D eigenvalue weighted by atomic mass is 9.78. The van der Waals surface area contributed by atoms with Crippen LogP contribution in [0, 0.1) is 6.92 Å². The van der Waals surface area contributed by atoms with Gasteiger partial charge in [-0.25, -0.2) is 8.42 Å². The third-order valence-electron chi connectivity index (χ3n) is 5.85. The predicted molar refractivity (Wildman–Crippen MR) is 101 cm³/mol. The monoisotopic (exact) mass is 402 g/mol. The minimum Gasteiger partial charge on any atom is -0.466 e. The number of amides is 1. The summed E-state index contributed by atoms with van der Waals surface area (Å²) < 4.78 is 33.1. The Hall–Kier alpha value is -2.45. The fourth-order valence-corrected chi connectivity index (χ4v) is 6.16. The average molecular weight is 402 g/mol. The number of pyridine rings is 1. The van der Waals surface area contributed by atoms with Gasteiger partial charge in [0.15, 0.2) is 20.8 Å². The van der Waals surface area contributed by atoms with E-state index >= 15 is 0 Å². The molecule has 0 unspecified atom stereocenters. The Morgan fingerprint density at radius 1 is 1.32 bits per heavy atom. The van der Waals surface area contributed by atoms with Crippen molar-refractivity contribution in [1.82, 2.24) is 9.88 Å². The van der Waals surface area contributed by atoms with Crippen LogP contribution in [0.4, 0.5) is 0 Å². The molecule has 1 saturated heterocycles. The molecular formula is C20H22N2O5S. The number of benzene rings is 1. The van der Waals surface area contributed by atoms with E-state index in [2.05, 4.69) is 4.98 Å². The number of nitrogens with zero attached hydrogens (tertiary/aromatic N) is 2. The van der Waals surface area contributed by atoms with Gasteiger partial charge in [-0.1, -0.05) is 18.2 Å². The zero-order valence-corrected chi connectivity index (χ0v) is 16.7. The number of sulfone groups is 1. The van der Waals surface area contributed by atoms with Crippen LogP contribution in [0.3, 0.4) is 0 Å². The molecule has 2 bridgehead atoms. The molecule has 4 rings (SSSR count). The minimum absolute atomic E-state index is 0.106. The number of aliphatic hydroxyl groups excluding tert-OH is 1. The molecule has 1 amide bonds. The summed E-state index contributed by atoms with van der Waals surface area (Å²) in [6, 6.07) is 8.01. The predicted octanol–water partition coefficient (Wildman–Crippen LogP) is 1.78. The highest BCUT2D eigenvalue weighted by Crippen LogP contribution is 2.51. The van der Waals surface area contributed by atoms with E-state index in [1.54, 1.807) is 39.1 Å². The maximum absolute atomic E-state index is 13.5. The molecule has 1 aromatic carbocycles. The SMILES string of the molecule is Cc1ncc(CO)c2c1O[C@@]1(C)C[C@@H]2[C@H](S(=O)(=O)c2ccccc2)C(=O)N1C. The Morgan fingerprint density at radius 3 is 2.64 bits per heavy atom. The van der Waals surface area contributed by atoms with E-state index < -0.39 is 32.6 Å². The van der Waals surface area contributed by atoms with E-state index in [-0.39, 0.29) is 11.5 Å². The molecule has 2 aliphatic heterocycles. The lowest BCUT2D eigenvalue weighted by Crippen LogP contribution is -2.64. The maximum Gasteiger partial charge on any atom is 0.244 e. The zero-order chi connectivity index (χ0) is 20.3. The third kappa shape index (κ3) is 2.55. The first kappa shape index (κ1) is 18.9. The van der Waals surface area contributed by atoms with Gasteiger partial charge in [-0.3, -0.25) is 9.78 Å². The maximum atomic E-state index is 13.5. The summed E-state index contributed by atoms with van der Waals surface area (Å²) in [4.78, 5) is 19.0. The molecule has 3 heterocycles. The van der Waals surface area contributed by atoms with Gasteiger partial charge in [0.2, 0.25) is 5.91 Å². The van der Waals surface area contributed by atoms with Crippen LogP contribution in [0.1, 0.15) is 36.1 Å². The first-order valence-corrected chi connectivity index (χ1v) is 10.6. The van der Waals surface area contributed by atoms with Gasteiger partial charge in [0, 0.05) is 36.7 Å². The van der Waals surface area contributed by atoms with Crippen molar-refractivity contribution in [1.29, 1.82) is 0 Å². The van der Waals surface area contributed by atoms with E-state index in [1.165, 1.54) is 23.2 Å². The molecule has 0 saturated carbocycles. The molecule has 2 aromatic rings. The molecule has 0 aliphatic carbocycles. The van der Waals surface area contributed by atoms with Crippen molar-refractivity contribution in [3.05, 3.63) is 53.3 Å². The molecule has 28 heavy (non-hydrogen) atoms. The smallest absolute Gasteiger partial charge is 0.244 e. The van der Waals surface area contributed by atoms with E-state index in [9.17, 15) is 18.3 Å². The van der Waals surface area contributed by atoms with Crippen molar-refractivity contribution in [2.75, 3.05) is 7.05 Å². The van der Waals surface area contributed by atoms with Crippen LogP contribution in [0.5, 0.6) is 5.75 Å². The summed E-state index contributed by atoms with van der Waals surface area (Å²) in [6.45, 7) is 3.23. The van der Waals surface area contributed by atoms with Gasteiger partial charge < -0.3 is 14.7 Å². The van der Waals surface area contributed by atoms with Crippen LogP contribution < -0.4 is 4.74 Å². The topological polar surface area (TPSA) is 96.8 Å². The number of aliphatic hydroxyl groups is 1. The average Bonchev–Trinajstić information content (AvgIpc) is 2.68. The summed E-state index contributed by atoms with van der Waals surface area (Å²) >= 11 is 0. The van der Waals surface area contributed by atoms with Crippen molar-refractivity contribution < 1.29 is 23.1 Å². The second-order valence-electron chi connectivity index (χ2n) is 7.53. The first-order chi connectivity index (χ1) is 13.2. The van der Waals surface area contributed by atoms with Gasteiger partial charge in [0.1, 0.15) is 5.75 Å². The van der Waals surface area contributed by atoms with Gasteiger partial charge in [0.05, 0.1) is 17.2 Å². The number of piperidine rings is 1. The van der Waals surface area contributed by atoms with Crippen LogP contribution in [-0.2, 0) is 21.2 Å². The van der Waals surface area contributed by atoms with E-state index in [0.29, 0.717) is 29.0 Å². The number of ether oxygens (including phenoxy) is 1. The number of aryl methyl sites for hydroxylation is 1. The molecule has 1 N–H and O–H groups in total. The molecule has 1 aromatic heterocycles. The first-order valence-electron chi connectivity index (χ1n) is 9.05. The highest BCUT2D eigenvalue weighted by atomic mass is 32.2. The Kier molecular flexibility index (Phi) is 4.24. The van der Waals surface area contributed by atoms with Crippen molar-refractivity contribution in [2.24, 2.45) is 0 Å². The van der Waals surface area contributed by atoms with Crippen molar-refractivity contribution in [3.63, 3.8) is 0 Å². The van der Waals surface area contributed by atoms with Crippen LogP contribution >= 0.6 is 0 Å². The summed E-state index contributed by atoms with van der Waals surface area (Å²) in [6.07, 6.45) is 1.84. The highest BCUT2D eigenvalue weighted by molar-refractivity contribution is 7.92. The van der Waals surface area contributed by atoms with Gasteiger partial charge in [-0.15, -0.1) is 0 Å². The van der Waals surface area contributed by atoms with Gasteiger partial charge in [-0.05, 0) is 26.0 Å². The van der Waals surface area contributed by atoms with Gasteiger partial charge >= 0.3 is 0 Å². The van der Waals surface area contributed by atoms with Crippen LogP contribution in [0.15, 0.2) is 41.4 Å². The summed E-state index contributed by atoms with van der Waals surface area (Å²) in [5.74, 6) is -0.684. The number of fused-ring (bicyclic) bond motifs is 4. The molecule has 7 nitrogen and oxygen atoms in total. The largest absolute Gasteiger partial charge is 0.466 e. The van der Waals surface area contributed by atoms with Gasteiger partial charge in [0.25, 0.3) is 0 Å². The zero-order valence-electron chi connectivity index (χ0n) is 15.9. The van der Waals surface area contributed by atoms with Crippen molar-refractivity contribution in [3.8, 4) is 5.75 Å². The Morgan fingerprint density at radius 2 is 2.00 bits per heavy atom. The quantitative estimate of drug-likeness (QED) is 0.841. The number of rotatable bonds is 3. The number of likely N-dealkylation sites (tertiary alicyclic amines) is 1. The fourth-order valence-electron chi connectivity index (χ4n) is 4.24. The molecular weight excluding hydrogens is 380 g/mol. The minimum atomic E-state index is -3.95. The molecule has 0 spiro atoms.